The van der Waals surface area contributed by atoms with E-state index in [-0.39, 0.29) is 45.1 Å². The lowest BCUT2D eigenvalue weighted by molar-refractivity contribution is -0.143. The van der Waals surface area contributed by atoms with Crippen LogP contribution in [0.1, 0.15) is 33.5 Å². The monoisotopic (exact) mass is 611 g/mol. The van der Waals surface area contributed by atoms with E-state index in [2.05, 4.69) is 0 Å². The number of hydrogen-bond donors (Lipinski definition) is 1. The molecule has 13 heteroatoms. The topological polar surface area (TPSA) is 66.8 Å². The Labute approximate surface area is 239 Å². The maximum Gasteiger partial charge on any atom is 0.416 e. The molecule has 0 spiro atoms. The molecule has 4 rings (SSSR count). The molecule has 1 aliphatic rings. The molecule has 1 N–H and O–H groups in total. The number of hydrogen-bond acceptors (Lipinski definition) is 5. The summed E-state index contributed by atoms with van der Waals surface area (Å²) in [7, 11) is 0. The summed E-state index contributed by atoms with van der Waals surface area (Å²) in [6.45, 7) is 0.460. The number of rotatable bonds is 8. The van der Waals surface area contributed by atoms with Crippen molar-refractivity contribution in [3.63, 3.8) is 0 Å². The molecule has 1 heterocycles. The number of thiocarbonyl (C=S) groups is 1. The third-order valence-corrected chi connectivity index (χ3v) is 7.25. The summed E-state index contributed by atoms with van der Waals surface area (Å²) < 4.78 is 85.6. The normalized spacial score (nSPS) is 15.1. The largest absolute Gasteiger partial charge is 0.494 e. The molecule has 5 nitrogen and oxygen atoms in total. The first-order chi connectivity index (χ1) is 19.2. The van der Waals surface area contributed by atoms with Gasteiger partial charge in [0.15, 0.2) is 0 Å². The second-order valence-corrected chi connectivity index (χ2v) is 10.5. The summed E-state index contributed by atoms with van der Waals surface area (Å²) in [5.41, 5.74) is -2.49. The molecule has 3 aromatic carbocycles. The van der Waals surface area contributed by atoms with Crippen LogP contribution in [0.2, 0.25) is 0 Å². The highest BCUT2D eigenvalue weighted by atomic mass is 32.2. The van der Waals surface area contributed by atoms with Crippen molar-refractivity contribution < 1.29 is 45.8 Å². The number of benzene rings is 3. The van der Waals surface area contributed by atoms with Crippen molar-refractivity contribution in [2.45, 2.75) is 18.8 Å². The Morgan fingerprint density at radius 2 is 1.56 bits per heavy atom. The van der Waals surface area contributed by atoms with Crippen LogP contribution in [0.5, 0.6) is 5.75 Å². The maximum atomic E-state index is 13.3. The van der Waals surface area contributed by atoms with Crippen LogP contribution in [0.4, 0.5) is 26.3 Å². The summed E-state index contributed by atoms with van der Waals surface area (Å²) in [6.07, 6.45) is -8.07. The van der Waals surface area contributed by atoms with Crippen molar-refractivity contribution in [1.82, 2.24) is 4.90 Å². The summed E-state index contributed by atoms with van der Waals surface area (Å²) in [4.78, 5) is 25.5. The van der Waals surface area contributed by atoms with E-state index in [1.165, 1.54) is 53.4 Å². The molecule has 3 aromatic rings. The Balaban J connectivity index is 1.46. The van der Waals surface area contributed by atoms with Gasteiger partial charge in [-0.3, -0.25) is 9.69 Å². The predicted octanol–water partition coefficient (Wildman–Crippen LogP) is 7.76. The molecule has 1 amide bonds. The Kier molecular flexibility index (Phi) is 8.78. The molecular formula is C28H19F6NO4S2. The molecule has 41 heavy (non-hydrogen) atoms. The number of carbonyl (C=O) groups excluding carboxylic acids is 1. The van der Waals surface area contributed by atoms with Crippen LogP contribution < -0.4 is 4.74 Å². The third-order valence-electron chi connectivity index (χ3n) is 5.88. The second kappa shape index (κ2) is 12.0. The van der Waals surface area contributed by atoms with Crippen LogP contribution in [0.3, 0.4) is 0 Å². The summed E-state index contributed by atoms with van der Waals surface area (Å²) in [6, 6.07) is 13.0. The lowest BCUT2D eigenvalue weighted by Gasteiger charge is -2.15. The molecular weight excluding hydrogens is 592 g/mol. The fraction of sp³-hybridized carbons (Fsp3) is 0.179. The van der Waals surface area contributed by atoms with Crippen molar-refractivity contribution in [3.8, 4) is 16.9 Å². The number of carboxylic acid groups (broad SMARTS) is 1. The molecule has 0 radical (unpaired) electrons. The highest BCUT2D eigenvalue weighted by molar-refractivity contribution is 8.26. The summed E-state index contributed by atoms with van der Waals surface area (Å²) in [5, 5.41) is 8.94. The second-order valence-electron chi connectivity index (χ2n) is 8.78. The minimum absolute atomic E-state index is 0.0682. The smallest absolute Gasteiger partial charge is 0.416 e. The molecule has 214 valence electrons. The van der Waals surface area contributed by atoms with Crippen molar-refractivity contribution >= 4 is 46.3 Å². The molecule has 0 aliphatic carbocycles. The minimum atomic E-state index is -4.97. The van der Waals surface area contributed by atoms with E-state index < -0.39 is 35.4 Å². The van der Waals surface area contributed by atoms with Gasteiger partial charge in [0, 0.05) is 6.54 Å². The molecule has 1 saturated heterocycles. The maximum absolute atomic E-state index is 13.3. The average Bonchev–Trinajstić information content (AvgIpc) is 3.17. The number of thioether (sulfide) groups is 1. The van der Waals surface area contributed by atoms with Gasteiger partial charge in [0.25, 0.3) is 5.91 Å². The highest BCUT2D eigenvalue weighted by Gasteiger charge is 2.37. The number of carboxylic acids is 1. The number of ether oxygens (including phenoxy) is 1. The van der Waals surface area contributed by atoms with Crippen LogP contribution in [-0.2, 0) is 17.1 Å². The van der Waals surface area contributed by atoms with Crippen LogP contribution >= 0.6 is 24.0 Å². The summed E-state index contributed by atoms with van der Waals surface area (Å²) >= 11 is 6.33. The zero-order valence-electron chi connectivity index (χ0n) is 20.8. The van der Waals surface area contributed by atoms with Crippen molar-refractivity contribution in [2.24, 2.45) is 0 Å². The number of aromatic carboxylic acids is 1. The van der Waals surface area contributed by atoms with E-state index in [1.807, 2.05) is 0 Å². The van der Waals surface area contributed by atoms with Crippen LogP contribution in [0.15, 0.2) is 71.6 Å². The Morgan fingerprint density at radius 3 is 2.15 bits per heavy atom. The summed E-state index contributed by atoms with van der Waals surface area (Å²) in [5.74, 6) is -0.991. The Bertz CT molecular complexity index is 1480. The van der Waals surface area contributed by atoms with Gasteiger partial charge in [-0.25, -0.2) is 4.79 Å². The van der Waals surface area contributed by atoms with Gasteiger partial charge in [0.05, 0.1) is 28.2 Å². The van der Waals surface area contributed by atoms with E-state index >= 15 is 0 Å². The molecule has 1 fully saturated rings. The lowest BCUT2D eigenvalue weighted by Crippen LogP contribution is -2.29. The fourth-order valence-corrected chi connectivity index (χ4v) is 5.19. The van der Waals surface area contributed by atoms with E-state index in [0.29, 0.717) is 29.9 Å². The molecule has 0 bridgehead atoms. The van der Waals surface area contributed by atoms with Crippen LogP contribution in [0, 0.1) is 0 Å². The van der Waals surface area contributed by atoms with Crippen molar-refractivity contribution in [2.75, 3.05) is 13.2 Å². The van der Waals surface area contributed by atoms with Crippen molar-refractivity contribution in [1.29, 1.82) is 0 Å². The minimum Gasteiger partial charge on any atom is -0.494 e. The molecule has 0 saturated carbocycles. The predicted molar refractivity (Wildman–Crippen MR) is 145 cm³/mol. The number of halogens is 6. The first-order valence-corrected chi connectivity index (χ1v) is 13.1. The van der Waals surface area contributed by atoms with Crippen LogP contribution in [-0.4, -0.2) is 39.4 Å². The molecule has 1 aliphatic heterocycles. The van der Waals surface area contributed by atoms with Gasteiger partial charge in [-0.1, -0.05) is 42.2 Å². The van der Waals surface area contributed by atoms with Gasteiger partial charge in [0.2, 0.25) is 0 Å². The average molecular weight is 612 g/mol. The van der Waals surface area contributed by atoms with Gasteiger partial charge >= 0.3 is 18.3 Å². The van der Waals surface area contributed by atoms with Gasteiger partial charge in [-0.15, -0.1) is 0 Å². The van der Waals surface area contributed by atoms with E-state index in [4.69, 9.17) is 22.1 Å². The van der Waals surface area contributed by atoms with Gasteiger partial charge in [-0.2, -0.15) is 26.3 Å². The molecule has 0 unspecified atom stereocenters. The number of carbonyl (C=O) groups is 2. The van der Waals surface area contributed by atoms with Gasteiger partial charge in [0.1, 0.15) is 10.1 Å². The zero-order valence-corrected chi connectivity index (χ0v) is 22.4. The van der Waals surface area contributed by atoms with E-state index in [9.17, 15) is 35.9 Å². The Morgan fingerprint density at radius 1 is 0.927 bits per heavy atom. The van der Waals surface area contributed by atoms with Crippen LogP contribution in [0.25, 0.3) is 17.2 Å². The number of amides is 1. The first kappa shape index (κ1) is 30.1. The van der Waals surface area contributed by atoms with Gasteiger partial charge in [-0.05, 0) is 77.7 Å². The first-order valence-electron chi connectivity index (χ1n) is 11.8. The number of nitrogens with zero attached hydrogens (tertiary/aromatic N) is 1. The lowest BCUT2D eigenvalue weighted by atomic mass is 9.97. The molecule has 0 aromatic heterocycles. The highest BCUT2D eigenvalue weighted by Crippen LogP contribution is 2.39. The zero-order chi connectivity index (χ0) is 29.9. The van der Waals surface area contributed by atoms with Crippen molar-refractivity contribution in [3.05, 3.63) is 93.9 Å². The van der Waals surface area contributed by atoms with E-state index in [0.717, 1.165) is 11.8 Å². The number of alkyl halides is 6. The molecule has 0 atom stereocenters. The van der Waals surface area contributed by atoms with E-state index in [1.54, 1.807) is 6.07 Å². The quantitative estimate of drug-likeness (QED) is 0.122. The third kappa shape index (κ3) is 7.47. The Hall–Kier alpha value is -3.84. The fourth-order valence-electron chi connectivity index (χ4n) is 3.88. The SMILES string of the molecule is O=C(O)c1ccc(OCCCN2C(=O)C(=Cc3cccc(-c4cc(C(F)(F)F)cc(C(F)(F)F)c4)c3)SC2=S)cc1. The standard InChI is InChI=1S/C28H19F6NO4S2/c29-27(30,31)20-13-19(14-21(15-20)28(32,33)34)18-4-1-3-16(11-18)12-23-24(36)35(26(40)41-23)9-2-10-39-22-7-5-17(6-8-22)25(37)38/h1,3-8,11-15H,2,9-10H2,(H,37,38). The van der Waals surface area contributed by atoms with Gasteiger partial charge < -0.3 is 9.84 Å².